The van der Waals surface area contributed by atoms with Crippen LogP contribution in [-0.4, -0.2) is 276 Å². The molecule has 29 nitrogen and oxygen atoms in total. The first-order chi connectivity index (χ1) is 45.7. The Morgan fingerprint density at radius 1 is 0.649 bits per heavy atom. The van der Waals surface area contributed by atoms with Crippen molar-refractivity contribution in [3.63, 3.8) is 0 Å². The van der Waals surface area contributed by atoms with Crippen molar-refractivity contribution >= 4 is 20.8 Å². The molecule has 0 aliphatic carbocycles. The zero-order chi connectivity index (χ0) is 69.3. The van der Waals surface area contributed by atoms with Crippen LogP contribution in [0.15, 0.2) is 49.1 Å². The van der Waals surface area contributed by atoms with E-state index in [2.05, 4.69) is 44.7 Å². The summed E-state index contributed by atoms with van der Waals surface area (Å²) in [6.45, 7) is 22.4. The number of aliphatic hydroxyl groups excluding tert-OH is 5. The van der Waals surface area contributed by atoms with Crippen LogP contribution in [0.2, 0.25) is 0 Å². The van der Waals surface area contributed by atoms with Gasteiger partial charge >= 0.3 is 20.8 Å². The Morgan fingerprint density at radius 3 is 1.89 bits per heavy atom. The van der Waals surface area contributed by atoms with Crippen LogP contribution >= 0.6 is 0 Å². The van der Waals surface area contributed by atoms with Crippen LogP contribution in [0.1, 0.15) is 138 Å². The molecule has 13 aliphatic rings. The number of aliphatic hydroxyl groups is 6. The zero-order valence-corrected chi connectivity index (χ0v) is 57.4. The fourth-order valence-electron chi connectivity index (χ4n) is 18.0. The van der Waals surface area contributed by atoms with Gasteiger partial charge in [0.05, 0.1) is 134 Å². The third-order valence-electron chi connectivity index (χ3n) is 23.3. The quantitative estimate of drug-likeness (QED) is 0.0423. The molecule has 13 rings (SSSR count). The van der Waals surface area contributed by atoms with Gasteiger partial charge in [-0.2, -0.15) is 16.8 Å². The summed E-state index contributed by atoms with van der Waals surface area (Å²) in [4.78, 5) is 0. The Morgan fingerprint density at radius 2 is 1.23 bits per heavy atom. The SMILES string of the molecule is C=CCC(=C)/C=C/[C@@](C)(O)[C@H]1O[C@@H]2C[C@@H]3O[C@@H]4C[C@@H]5O[C@@H]6C[C@@H]7O[C@@H]8C[C@@H]9O[C@@H]%10C[C@@H]%11O[C@](C)(CCCOS(=O)(=O)O)[C@@H](OS(=O)(=O)O)C[C@H]%11O[C@H]%10C[C@H]9O[C@H]8CC[C@@]7(C)O[C@@]6(C)CC[C@H](C)[C@H]5O[C@@H]4[C@@H](O[C@H]4O[C@@H](CO[C@H]5O[C@@H](CO)[C@H](O)[C@H]5O)[C@H](O)[C@H]4O)[C@@]3(C)O[C@H]2CC1=C. The zero-order valence-electron chi connectivity index (χ0n) is 55.8. The second-order valence-corrected chi connectivity index (χ2v) is 32.7. The number of rotatable bonds is 18. The maximum absolute atomic E-state index is 12.1. The molecule has 0 aromatic carbocycles. The van der Waals surface area contributed by atoms with E-state index in [1.165, 1.54) is 0 Å². The summed E-state index contributed by atoms with van der Waals surface area (Å²) < 4.78 is 178. The van der Waals surface area contributed by atoms with Crippen molar-refractivity contribution in [3.8, 4) is 0 Å². The number of ether oxygens (including phenoxy) is 15. The highest BCUT2D eigenvalue weighted by Gasteiger charge is 2.67. The lowest BCUT2D eigenvalue weighted by Crippen LogP contribution is -2.75. The molecule has 13 aliphatic heterocycles. The summed E-state index contributed by atoms with van der Waals surface area (Å²) >= 11 is 0. The first kappa shape index (κ1) is 73.2. The third-order valence-corrected chi connectivity index (χ3v) is 24.3. The smallest absolute Gasteiger partial charge is 0.394 e. The predicted octanol–water partition coefficient (Wildman–Crippen LogP) is 2.38. The van der Waals surface area contributed by atoms with Crippen molar-refractivity contribution in [2.45, 2.75) is 337 Å². The van der Waals surface area contributed by atoms with Gasteiger partial charge in [0.2, 0.25) is 0 Å². The van der Waals surface area contributed by atoms with E-state index in [0.29, 0.717) is 76.2 Å². The lowest BCUT2D eigenvalue weighted by atomic mass is 9.72. The molecular weight excluding hydrogens is 1320 g/mol. The Labute approximate surface area is 566 Å². The molecule has 34 atom stereocenters. The molecule has 0 saturated carbocycles. The molecule has 0 bridgehead atoms. The van der Waals surface area contributed by atoms with Gasteiger partial charge in [0, 0.05) is 44.9 Å². The number of fused-ring (bicyclic) bond motifs is 10. The van der Waals surface area contributed by atoms with Gasteiger partial charge in [-0.25, -0.2) is 8.37 Å². The molecule has 550 valence electrons. The molecule has 0 unspecified atom stereocenters. The van der Waals surface area contributed by atoms with Gasteiger partial charge in [0.15, 0.2) is 12.6 Å². The number of hydrogen-bond donors (Lipinski definition) is 8. The lowest BCUT2D eigenvalue weighted by molar-refractivity contribution is -0.387. The van der Waals surface area contributed by atoms with Gasteiger partial charge in [-0.3, -0.25) is 9.11 Å². The average Bonchev–Trinajstić information content (AvgIpc) is 1.63. The monoisotopic (exact) mass is 1420 g/mol. The minimum Gasteiger partial charge on any atom is -0.394 e. The maximum Gasteiger partial charge on any atom is 0.397 e. The van der Waals surface area contributed by atoms with Crippen molar-refractivity contribution in [2.75, 3.05) is 19.8 Å². The van der Waals surface area contributed by atoms with Gasteiger partial charge in [-0.05, 0) is 97.5 Å². The molecule has 8 N–H and O–H groups in total. The van der Waals surface area contributed by atoms with Gasteiger partial charge < -0.3 is 102 Å². The topological polar surface area (TPSA) is 387 Å². The second-order valence-electron chi connectivity index (χ2n) is 30.5. The second kappa shape index (κ2) is 27.7. The fourth-order valence-corrected chi connectivity index (χ4v) is 18.9. The van der Waals surface area contributed by atoms with Gasteiger partial charge in [0.1, 0.15) is 72.2 Å². The van der Waals surface area contributed by atoms with E-state index in [0.717, 1.165) is 5.57 Å². The van der Waals surface area contributed by atoms with E-state index in [9.17, 15) is 52.0 Å². The fraction of sp³-hybridized carbons (Fsp3) is 0.879. The minimum absolute atomic E-state index is 0.0312. The predicted molar refractivity (Wildman–Crippen MR) is 334 cm³/mol. The highest BCUT2D eigenvalue weighted by Crippen LogP contribution is 2.55. The van der Waals surface area contributed by atoms with Gasteiger partial charge in [-0.1, -0.05) is 43.9 Å². The molecule has 0 amide bonds. The van der Waals surface area contributed by atoms with Crippen LogP contribution in [0.3, 0.4) is 0 Å². The largest absolute Gasteiger partial charge is 0.397 e. The number of hydrogen-bond acceptors (Lipinski definition) is 27. The Kier molecular flexibility index (Phi) is 20.9. The van der Waals surface area contributed by atoms with Crippen LogP contribution in [0.25, 0.3) is 0 Å². The summed E-state index contributed by atoms with van der Waals surface area (Å²) in [6.07, 6.45) is -12.1. The normalized spacial score (nSPS) is 51.2. The Bertz CT molecular complexity index is 3120. The molecule has 13 fully saturated rings. The molecule has 0 spiro atoms. The van der Waals surface area contributed by atoms with Crippen molar-refractivity contribution in [1.82, 2.24) is 0 Å². The summed E-state index contributed by atoms with van der Waals surface area (Å²) in [6, 6.07) is 0. The van der Waals surface area contributed by atoms with Crippen molar-refractivity contribution in [2.24, 2.45) is 5.92 Å². The van der Waals surface area contributed by atoms with E-state index in [-0.39, 0.29) is 56.0 Å². The Balaban J connectivity index is 0.710. The molecule has 0 aromatic rings. The van der Waals surface area contributed by atoms with Crippen molar-refractivity contribution in [1.29, 1.82) is 0 Å². The van der Waals surface area contributed by atoms with Crippen LogP contribution in [-0.2, 0) is 100 Å². The van der Waals surface area contributed by atoms with E-state index in [1.807, 2.05) is 6.92 Å². The highest BCUT2D eigenvalue weighted by atomic mass is 32.3. The Hall–Kier alpha value is -2.14. The minimum atomic E-state index is -4.95. The van der Waals surface area contributed by atoms with Gasteiger partial charge in [0.25, 0.3) is 0 Å². The van der Waals surface area contributed by atoms with E-state index >= 15 is 0 Å². The van der Waals surface area contributed by atoms with Crippen molar-refractivity contribution < 1.29 is 136 Å². The van der Waals surface area contributed by atoms with Crippen LogP contribution in [0.5, 0.6) is 0 Å². The molecule has 31 heteroatoms. The first-order valence-electron chi connectivity index (χ1n) is 34.5. The highest BCUT2D eigenvalue weighted by molar-refractivity contribution is 7.81. The molecular formula is C66H100O29S2. The van der Waals surface area contributed by atoms with Crippen LogP contribution in [0.4, 0.5) is 0 Å². The molecule has 13 heterocycles. The standard InChI is InChI=1S/C66H100O29S2/c1-10-12-31(2)13-17-62(5,72)58-33(4)21-42-41(87-58)27-51-66(9,93-42)59(91-61-55(71)53(69)47(89-61)30-79-60-54(70)52(68)46(29-67)88-60)57-45(86-51)25-44-56(90-57)32(3)14-18-64(7)49(85-44)28-48-65(8,95-64)19-15-34-35(84-48)22-37-36(81-34)23-38-39(82-37)24-43-40(83-38)26-50(94-97(76,77)78)63(6,92-43)16-11-20-80-96(73,74)75/h10,13,17,32,34-61,67-72H,1-2,4,11-12,14-16,18-30H2,3,5-9H3,(H,73,74,75)(H,76,77,78)/b17-13+/t32-,34-,35+,36+,37-,38-,39+,40+,41+,42-,43-,44-,45+,46-,47-,48-,49+,50-,51-,52-,53-,54+,55+,56+,57-,58-,59+,60-,61+,62+,63+,64-,65+,66-/m0/s1. The molecule has 97 heavy (non-hydrogen) atoms. The molecule has 0 aromatic heterocycles. The van der Waals surface area contributed by atoms with Crippen LogP contribution in [0, 0.1) is 5.92 Å². The first-order valence-corrected chi connectivity index (χ1v) is 37.2. The third kappa shape index (κ3) is 14.7. The van der Waals surface area contributed by atoms with E-state index < -0.39 is 215 Å². The molecule has 0 radical (unpaired) electrons. The number of allylic oxidation sites excluding steroid dienone is 3. The van der Waals surface area contributed by atoms with E-state index in [1.54, 1.807) is 32.1 Å². The van der Waals surface area contributed by atoms with Gasteiger partial charge in [-0.15, -0.1) is 6.58 Å². The van der Waals surface area contributed by atoms with Crippen molar-refractivity contribution in [3.05, 3.63) is 49.1 Å². The van der Waals surface area contributed by atoms with Crippen LogP contribution < -0.4 is 0 Å². The summed E-state index contributed by atoms with van der Waals surface area (Å²) in [7, 11) is -9.67. The maximum atomic E-state index is 12.1. The average molecular weight is 1420 g/mol. The lowest BCUT2D eigenvalue weighted by Gasteiger charge is -2.61. The summed E-state index contributed by atoms with van der Waals surface area (Å²) in [5, 5.41) is 65.8. The molecule has 13 saturated heterocycles. The van der Waals surface area contributed by atoms with E-state index in [4.69, 9.17) is 79.8 Å². The summed E-state index contributed by atoms with van der Waals surface area (Å²) in [5.41, 5.74) is -4.29. The summed E-state index contributed by atoms with van der Waals surface area (Å²) in [5.74, 6) is -0.0953.